The predicted octanol–water partition coefficient (Wildman–Crippen LogP) is 5.83. The first-order valence-electron chi connectivity index (χ1n) is 17.1. The van der Waals surface area contributed by atoms with Crippen molar-refractivity contribution >= 4 is 35.3 Å². The Hall–Kier alpha value is -3.30. The number of aryl methyl sites for hydroxylation is 1. The van der Waals surface area contributed by atoms with Crippen LogP contribution >= 0.6 is 11.6 Å². The molecule has 4 aliphatic rings. The van der Waals surface area contributed by atoms with Crippen LogP contribution in [0.25, 0.3) is 0 Å². The molecule has 0 unspecified atom stereocenters. The second-order valence-electron chi connectivity index (χ2n) is 13.7. The van der Waals surface area contributed by atoms with Gasteiger partial charge in [-0.2, -0.15) is 0 Å². The summed E-state index contributed by atoms with van der Waals surface area (Å²) in [6.07, 6.45) is 5.48. The van der Waals surface area contributed by atoms with Crippen molar-refractivity contribution in [2.45, 2.75) is 70.4 Å². The second-order valence-corrected chi connectivity index (χ2v) is 14.1. The van der Waals surface area contributed by atoms with Crippen molar-refractivity contribution in [3.8, 4) is 0 Å². The Morgan fingerprint density at radius 3 is 2.24 bits per heavy atom. The molecule has 2 aromatic carbocycles. The van der Waals surface area contributed by atoms with Crippen LogP contribution in [0, 0.1) is 18.8 Å². The number of para-hydroxylation sites is 1. The second kappa shape index (κ2) is 14.6. The number of nitrogens with one attached hydrogen (secondary N) is 1. The van der Waals surface area contributed by atoms with E-state index < -0.39 is 12.2 Å². The normalized spacial score (nSPS) is 21.4. The number of hydrogen-bond donors (Lipinski definition) is 1. The van der Waals surface area contributed by atoms with Gasteiger partial charge in [0.05, 0.1) is 0 Å². The third-order valence-electron chi connectivity index (χ3n) is 10.8. The van der Waals surface area contributed by atoms with Crippen molar-refractivity contribution in [2.24, 2.45) is 11.8 Å². The van der Waals surface area contributed by atoms with Crippen molar-refractivity contribution in [2.75, 3.05) is 58.2 Å². The molecule has 9 nitrogen and oxygen atoms in total. The van der Waals surface area contributed by atoms with Crippen molar-refractivity contribution in [3.63, 3.8) is 0 Å². The molecule has 4 aliphatic heterocycles. The van der Waals surface area contributed by atoms with Crippen LogP contribution in [0.5, 0.6) is 0 Å². The van der Waals surface area contributed by atoms with Crippen LogP contribution < -0.4 is 5.32 Å². The summed E-state index contributed by atoms with van der Waals surface area (Å²) < 4.78 is 6.05. The molecule has 6 rings (SSSR count). The molecule has 4 heterocycles. The Morgan fingerprint density at radius 2 is 1.54 bits per heavy atom. The van der Waals surface area contributed by atoms with Crippen LogP contribution in [-0.2, 0) is 22.4 Å². The molecule has 0 aliphatic carbocycles. The van der Waals surface area contributed by atoms with Gasteiger partial charge < -0.3 is 29.7 Å². The zero-order chi connectivity index (χ0) is 32.2. The first kappa shape index (κ1) is 32.6. The van der Waals surface area contributed by atoms with Crippen LogP contribution in [-0.4, -0.2) is 103 Å². The van der Waals surface area contributed by atoms with Gasteiger partial charge in [0.25, 0.3) is 5.91 Å². The number of nitrogens with zero attached hydrogens (tertiary/aromatic N) is 4. The van der Waals surface area contributed by atoms with Gasteiger partial charge in [-0.3, -0.25) is 4.79 Å². The van der Waals surface area contributed by atoms with Crippen LogP contribution in [0.4, 0.5) is 15.3 Å². The average molecular weight is 650 g/mol. The molecule has 1 N–H and O–H groups in total. The molecule has 4 amide bonds. The zero-order valence-corrected chi connectivity index (χ0v) is 28.0. The number of carbonyl (C=O) groups excluding carboxylic acids is 3. The summed E-state index contributed by atoms with van der Waals surface area (Å²) >= 11 is 6.43. The van der Waals surface area contributed by atoms with Crippen molar-refractivity contribution in [1.82, 2.24) is 19.6 Å². The fourth-order valence-electron chi connectivity index (χ4n) is 7.75. The number of carbonyl (C=O) groups is 3. The van der Waals surface area contributed by atoms with Crippen LogP contribution in [0.3, 0.4) is 0 Å². The monoisotopic (exact) mass is 649 g/mol. The molecule has 0 bridgehead atoms. The Balaban J connectivity index is 1.07. The maximum atomic E-state index is 14.0. The minimum absolute atomic E-state index is 0.0383. The highest BCUT2D eigenvalue weighted by atomic mass is 35.5. The lowest BCUT2D eigenvalue weighted by atomic mass is 9.79. The minimum Gasteiger partial charge on any atom is -0.436 e. The number of anilines is 1. The highest BCUT2D eigenvalue weighted by Gasteiger charge is 2.36. The van der Waals surface area contributed by atoms with Gasteiger partial charge >= 0.3 is 12.1 Å². The number of likely N-dealkylation sites (tertiary alicyclic amines) is 3. The van der Waals surface area contributed by atoms with Gasteiger partial charge in [-0.15, -0.1) is 0 Å². The van der Waals surface area contributed by atoms with Gasteiger partial charge in [0.15, 0.2) is 6.10 Å². The van der Waals surface area contributed by atoms with E-state index in [1.807, 2.05) is 53.1 Å². The Kier molecular flexibility index (Phi) is 10.4. The Bertz CT molecular complexity index is 1400. The molecule has 10 heteroatoms. The standard InChI is InChI=1S/C36H48ClN5O4/c1-25-7-8-26(23-31(25)37)24-33(34(43)40-18-11-28(12-19-40)27-9-16-39(2)17-10-27)46-36(45)41-20-14-30(15-21-41)42-22-13-29-5-3-4-6-32(29)38-35(42)44/h3-8,23,27-28,30,33H,9-22,24H2,1-2H3,(H,38,44)/t33-/m1/s1. The van der Waals surface area contributed by atoms with E-state index in [2.05, 4.69) is 23.3 Å². The van der Waals surface area contributed by atoms with E-state index in [1.54, 1.807) is 4.90 Å². The summed E-state index contributed by atoms with van der Waals surface area (Å²) in [7, 11) is 2.19. The molecule has 0 spiro atoms. The summed E-state index contributed by atoms with van der Waals surface area (Å²) in [5, 5.41) is 3.69. The number of halogens is 1. The van der Waals surface area contributed by atoms with E-state index in [9.17, 15) is 14.4 Å². The lowest BCUT2D eigenvalue weighted by molar-refractivity contribution is -0.142. The SMILES string of the molecule is Cc1ccc(C[C@@H](OC(=O)N2CCC(N3CCc4ccccc4NC3=O)CC2)C(=O)N2CCC(C3CCN(C)CC3)CC2)cc1Cl. The van der Waals surface area contributed by atoms with Crippen molar-refractivity contribution in [1.29, 1.82) is 0 Å². The zero-order valence-electron chi connectivity index (χ0n) is 27.3. The number of urea groups is 1. The quantitative estimate of drug-likeness (QED) is 0.426. The molecule has 46 heavy (non-hydrogen) atoms. The summed E-state index contributed by atoms with van der Waals surface area (Å²) in [5.74, 6) is 1.26. The van der Waals surface area contributed by atoms with E-state index in [-0.39, 0.29) is 24.4 Å². The molecule has 1 atom stereocenters. The Morgan fingerprint density at radius 1 is 0.891 bits per heavy atom. The van der Waals surface area contributed by atoms with Gasteiger partial charge in [-0.25, -0.2) is 9.59 Å². The molecule has 0 radical (unpaired) electrons. The molecule has 2 aromatic rings. The third kappa shape index (κ3) is 7.63. The lowest BCUT2D eigenvalue weighted by Crippen LogP contribution is -2.52. The van der Waals surface area contributed by atoms with Gasteiger partial charge in [0, 0.05) is 55.9 Å². The van der Waals surface area contributed by atoms with Crippen molar-refractivity contribution in [3.05, 3.63) is 64.2 Å². The van der Waals surface area contributed by atoms with E-state index in [0.717, 1.165) is 60.6 Å². The summed E-state index contributed by atoms with van der Waals surface area (Å²) in [5.41, 5.74) is 3.84. The lowest BCUT2D eigenvalue weighted by Gasteiger charge is -2.40. The number of rotatable bonds is 6. The third-order valence-corrected chi connectivity index (χ3v) is 11.2. The maximum Gasteiger partial charge on any atom is 0.410 e. The van der Waals surface area contributed by atoms with E-state index >= 15 is 0 Å². The van der Waals surface area contributed by atoms with E-state index in [4.69, 9.17) is 16.3 Å². The van der Waals surface area contributed by atoms with Gasteiger partial charge in [-0.05, 0) is 113 Å². The number of benzene rings is 2. The predicted molar refractivity (Wildman–Crippen MR) is 180 cm³/mol. The van der Waals surface area contributed by atoms with E-state index in [0.29, 0.717) is 56.5 Å². The van der Waals surface area contributed by atoms with Gasteiger partial charge in [-0.1, -0.05) is 41.9 Å². The molecule has 248 valence electrons. The summed E-state index contributed by atoms with van der Waals surface area (Å²) in [6, 6.07) is 13.6. The number of fused-ring (bicyclic) bond motifs is 1. The molecular weight excluding hydrogens is 602 g/mol. The smallest absolute Gasteiger partial charge is 0.410 e. The average Bonchev–Trinajstić information content (AvgIpc) is 3.24. The summed E-state index contributed by atoms with van der Waals surface area (Å²) in [4.78, 5) is 48.5. The van der Waals surface area contributed by atoms with Gasteiger partial charge in [0.1, 0.15) is 0 Å². The number of amides is 4. The van der Waals surface area contributed by atoms with Crippen molar-refractivity contribution < 1.29 is 19.1 Å². The molecule has 0 saturated carbocycles. The van der Waals surface area contributed by atoms with Crippen LogP contribution in [0.15, 0.2) is 42.5 Å². The number of ether oxygens (including phenoxy) is 1. The highest BCUT2D eigenvalue weighted by molar-refractivity contribution is 6.31. The summed E-state index contributed by atoms with van der Waals surface area (Å²) in [6.45, 7) is 7.23. The van der Waals surface area contributed by atoms with Crippen LogP contribution in [0.2, 0.25) is 5.02 Å². The first-order valence-corrected chi connectivity index (χ1v) is 17.5. The molecule has 0 aromatic heterocycles. The first-order chi connectivity index (χ1) is 22.2. The van der Waals surface area contributed by atoms with Gasteiger partial charge in [0.2, 0.25) is 0 Å². The molecule has 3 fully saturated rings. The minimum atomic E-state index is -0.918. The molecule has 3 saturated heterocycles. The fourth-order valence-corrected chi connectivity index (χ4v) is 7.95. The van der Waals surface area contributed by atoms with E-state index in [1.165, 1.54) is 12.8 Å². The topological polar surface area (TPSA) is 85.4 Å². The fraction of sp³-hybridized carbons (Fsp3) is 0.583. The van der Waals surface area contributed by atoms with Crippen LogP contribution in [0.1, 0.15) is 55.2 Å². The number of piperidine rings is 3. The maximum absolute atomic E-state index is 14.0. The number of hydrogen-bond acceptors (Lipinski definition) is 5. The highest BCUT2D eigenvalue weighted by Crippen LogP contribution is 2.33. The molecular formula is C36H48ClN5O4. The Labute approximate surface area is 278 Å². The largest absolute Gasteiger partial charge is 0.436 e.